The molecule has 1 saturated carbocycles. The summed E-state index contributed by atoms with van der Waals surface area (Å²) in [7, 11) is 0. The second-order valence-electron chi connectivity index (χ2n) is 7.91. The Kier molecular flexibility index (Phi) is 5.03. The maximum absolute atomic E-state index is 12.4. The van der Waals surface area contributed by atoms with Crippen molar-refractivity contribution >= 4 is 12.1 Å². The third kappa shape index (κ3) is 4.14. The van der Waals surface area contributed by atoms with E-state index >= 15 is 0 Å². The number of carboxylic acids is 1. The zero-order chi connectivity index (χ0) is 16.4. The molecular formula is C17H29NO4. The lowest BCUT2D eigenvalue weighted by atomic mass is 9.66. The summed E-state index contributed by atoms with van der Waals surface area (Å²) < 4.78 is 5.50. The van der Waals surface area contributed by atoms with Crippen molar-refractivity contribution in [3.05, 3.63) is 0 Å². The van der Waals surface area contributed by atoms with Gasteiger partial charge in [-0.2, -0.15) is 0 Å². The number of carbonyl (C=O) groups excluding carboxylic acids is 1. The second kappa shape index (κ2) is 6.47. The summed E-state index contributed by atoms with van der Waals surface area (Å²) in [5.41, 5.74) is -0.374. The van der Waals surface area contributed by atoms with Gasteiger partial charge in [0, 0.05) is 19.5 Å². The molecule has 1 aliphatic heterocycles. The molecule has 1 amide bonds. The smallest absolute Gasteiger partial charge is 0.410 e. The van der Waals surface area contributed by atoms with Gasteiger partial charge in [-0.3, -0.25) is 4.79 Å². The molecule has 2 rings (SSSR count). The van der Waals surface area contributed by atoms with E-state index in [4.69, 9.17) is 9.84 Å². The Morgan fingerprint density at radius 3 is 2.41 bits per heavy atom. The number of amides is 1. The van der Waals surface area contributed by atoms with Crippen molar-refractivity contribution in [2.45, 2.75) is 71.3 Å². The number of nitrogens with zero attached hydrogens (tertiary/aromatic N) is 1. The van der Waals surface area contributed by atoms with Crippen molar-refractivity contribution in [2.75, 3.05) is 13.1 Å². The molecule has 5 heteroatoms. The molecule has 126 valence electrons. The second-order valence-corrected chi connectivity index (χ2v) is 7.91. The zero-order valence-electron chi connectivity index (χ0n) is 14.1. The van der Waals surface area contributed by atoms with Crippen LogP contribution in [0.1, 0.15) is 65.7 Å². The SMILES string of the molecule is CC(C)(C)OC(=O)N1CC(CCC(=O)O)C2(CCCCC2)C1. The molecule has 1 aliphatic carbocycles. The minimum Gasteiger partial charge on any atom is -0.481 e. The lowest BCUT2D eigenvalue weighted by Crippen LogP contribution is -2.37. The lowest BCUT2D eigenvalue weighted by molar-refractivity contribution is -0.137. The third-order valence-electron chi connectivity index (χ3n) is 5.02. The maximum atomic E-state index is 12.4. The molecule has 2 fully saturated rings. The maximum Gasteiger partial charge on any atom is 0.410 e. The van der Waals surface area contributed by atoms with E-state index in [2.05, 4.69) is 0 Å². The quantitative estimate of drug-likeness (QED) is 0.863. The first-order valence-electron chi connectivity index (χ1n) is 8.42. The predicted octanol–water partition coefficient (Wildman–Crippen LogP) is 3.67. The normalized spacial score (nSPS) is 24.5. The van der Waals surface area contributed by atoms with Gasteiger partial charge in [-0.1, -0.05) is 19.3 Å². The monoisotopic (exact) mass is 311 g/mol. The average molecular weight is 311 g/mol. The van der Waals surface area contributed by atoms with Crippen LogP contribution >= 0.6 is 0 Å². The van der Waals surface area contributed by atoms with Crippen LogP contribution < -0.4 is 0 Å². The molecule has 5 nitrogen and oxygen atoms in total. The molecule has 2 aliphatic rings. The fourth-order valence-corrected chi connectivity index (χ4v) is 4.02. The number of carboxylic acid groups (broad SMARTS) is 1. The van der Waals surface area contributed by atoms with Crippen molar-refractivity contribution in [2.24, 2.45) is 11.3 Å². The van der Waals surface area contributed by atoms with Crippen LogP contribution in [-0.4, -0.2) is 40.8 Å². The summed E-state index contributed by atoms with van der Waals surface area (Å²) >= 11 is 0. The Morgan fingerprint density at radius 2 is 1.86 bits per heavy atom. The van der Waals surface area contributed by atoms with Gasteiger partial charge in [0.05, 0.1) is 0 Å². The van der Waals surface area contributed by atoms with Crippen molar-refractivity contribution in [1.29, 1.82) is 0 Å². The van der Waals surface area contributed by atoms with Gasteiger partial charge >= 0.3 is 12.1 Å². The van der Waals surface area contributed by atoms with Gasteiger partial charge in [0.2, 0.25) is 0 Å². The van der Waals surface area contributed by atoms with Crippen LogP contribution in [0.2, 0.25) is 0 Å². The predicted molar refractivity (Wildman–Crippen MR) is 83.7 cm³/mol. The van der Waals surface area contributed by atoms with E-state index in [1.807, 2.05) is 25.7 Å². The van der Waals surface area contributed by atoms with Gasteiger partial charge in [-0.05, 0) is 51.4 Å². The highest BCUT2D eigenvalue weighted by atomic mass is 16.6. The third-order valence-corrected chi connectivity index (χ3v) is 5.02. The number of carbonyl (C=O) groups is 2. The fraction of sp³-hybridized carbons (Fsp3) is 0.882. The number of likely N-dealkylation sites (tertiary alicyclic amines) is 1. The molecule has 1 atom stereocenters. The molecule has 1 heterocycles. The first-order chi connectivity index (χ1) is 10.2. The molecule has 22 heavy (non-hydrogen) atoms. The molecule has 1 N–H and O–H groups in total. The zero-order valence-corrected chi connectivity index (χ0v) is 14.1. The lowest BCUT2D eigenvalue weighted by Gasteiger charge is -2.38. The standard InChI is InChI=1S/C17H29NO4/c1-16(2,3)22-15(21)18-11-13(7-8-14(19)20)17(12-18)9-5-4-6-10-17/h13H,4-12H2,1-3H3,(H,19,20). The highest BCUT2D eigenvalue weighted by Gasteiger charge is 2.48. The largest absolute Gasteiger partial charge is 0.481 e. The van der Waals surface area contributed by atoms with Gasteiger partial charge in [-0.15, -0.1) is 0 Å². The fourth-order valence-electron chi connectivity index (χ4n) is 4.02. The number of hydrogen-bond donors (Lipinski definition) is 1. The van der Waals surface area contributed by atoms with E-state index in [0.717, 1.165) is 19.4 Å². The highest BCUT2D eigenvalue weighted by molar-refractivity contribution is 5.69. The molecule has 0 bridgehead atoms. The number of rotatable bonds is 3. The van der Waals surface area contributed by atoms with Crippen LogP contribution in [0, 0.1) is 11.3 Å². The van der Waals surface area contributed by atoms with Crippen molar-refractivity contribution in [3.63, 3.8) is 0 Å². The van der Waals surface area contributed by atoms with E-state index in [-0.39, 0.29) is 23.8 Å². The summed E-state index contributed by atoms with van der Waals surface area (Å²) in [4.78, 5) is 25.1. The van der Waals surface area contributed by atoms with Gasteiger partial charge in [-0.25, -0.2) is 4.79 Å². The number of aliphatic carboxylic acids is 1. The molecule has 0 aromatic heterocycles. The van der Waals surface area contributed by atoms with Crippen LogP contribution in [0.3, 0.4) is 0 Å². The summed E-state index contributed by atoms with van der Waals surface area (Å²) in [5, 5.41) is 8.98. The Balaban J connectivity index is 2.06. The molecule has 0 aromatic carbocycles. The van der Waals surface area contributed by atoms with E-state index in [9.17, 15) is 9.59 Å². The molecule has 1 saturated heterocycles. The van der Waals surface area contributed by atoms with Crippen LogP contribution in [0.25, 0.3) is 0 Å². The Bertz CT molecular complexity index is 421. The first-order valence-corrected chi connectivity index (χ1v) is 8.42. The van der Waals surface area contributed by atoms with Gasteiger partial charge in [0.15, 0.2) is 0 Å². The van der Waals surface area contributed by atoms with Crippen LogP contribution in [0.5, 0.6) is 0 Å². The Labute approximate surface area is 133 Å². The summed E-state index contributed by atoms with van der Waals surface area (Å²) in [6, 6.07) is 0. The van der Waals surface area contributed by atoms with Gasteiger partial charge in [0.25, 0.3) is 0 Å². The molecule has 1 spiro atoms. The number of hydrogen-bond acceptors (Lipinski definition) is 3. The average Bonchev–Trinajstić information content (AvgIpc) is 2.74. The van der Waals surface area contributed by atoms with Gasteiger partial charge < -0.3 is 14.7 Å². The molecule has 0 aromatic rings. The van der Waals surface area contributed by atoms with E-state index in [0.29, 0.717) is 13.0 Å². The van der Waals surface area contributed by atoms with E-state index in [1.165, 1.54) is 19.3 Å². The summed E-state index contributed by atoms with van der Waals surface area (Å²) in [6.07, 6.45) is 6.43. The van der Waals surface area contributed by atoms with Crippen LogP contribution in [0.15, 0.2) is 0 Å². The minimum atomic E-state index is -0.748. The first kappa shape index (κ1) is 17.1. The van der Waals surface area contributed by atoms with Gasteiger partial charge in [0.1, 0.15) is 5.60 Å². The van der Waals surface area contributed by atoms with Crippen LogP contribution in [-0.2, 0) is 9.53 Å². The summed E-state index contributed by atoms with van der Waals surface area (Å²) in [6.45, 7) is 6.99. The van der Waals surface area contributed by atoms with Crippen LogP contribution in [0.4, 0.5) is 4.79 Å². The van der Waals surface area contributed by atoms with E-state index < -0.39 is 11.6 Å². The number of ether oxygens (including phenoxy) is 1. The molecule has 0 radical (unpaired) electrons. The Morgan fingerprint density at radius 1 is 1.23 bits per heavy atom. The molecular weight excluding hydrogens is 282 g/mol. The topological polar surface area (TPSA) is 66.8 Å². The molecule has 1 unspecified atom stereocenters. The highest BCUT2D eigenvalue weighted by Crippen LogP contribution is 2.49. The summed E-state index contributed by atoms with van der Waals surface area (Å²) in [5.74, 6) is -0.460. The minimum absolute atomic E-state index is 0.116. The Hall–Kier alpha value is -1.26. The van der Waals surface area contributed by atoms with Crippen molar-refractivity contribution in [1.82, 2.24) is 4.90 Å². The van der Waals surface area contributed by atoms with E-state index in [1.54, 1.807) is 0 Å². The van der Waals surface area contributed by atoms with Crippen molar-refractivity contribution < 1.29 is 19.4 Å². The van der Waals surface area contributed by atoms with Crippen molar-refractivity contribution in [3.8, 4) is 0 Å².